The van der Waals surface area contributed by atoms with E-state index in [4.69, 9.17) is 0 Å². The monoisotopic (exact) mass is 263 g/mol. The maximum atomic E-state index is 2.31. The summed E-state index contributed by atoms with van der Waals surface area (Å²) in [5, 5.41) is 0. The number of hydrogen-bond donors (Lipinski definition) is 0. The molecule has 0 aromatic carbocycles. The van der Waals surface area contributed by atoms with E-state index in [0.29, 0.717) is 0 Å². The van der Waals surface area contributed by atoms with E-state index in [1.807, 2.05) is 0 Å². The summed E-state index contributed by atoms with van der Waals surface area (Å²) < 4.78 is 0. The molecule has 0 bridgehead atoms. The van der Waals surface area contributed by atoms with Crippen LogP contribution in [0.1, 0.15) is 78.6 Å². The summed E-state index contributed by atoms with van der Waals surface area (Å²) in [4.78, 5) is 0. The predicted molar refractivity (Wildman–Crippen MR) is 84.5 cm³/mol. The molecule has 0 aliphatic heterocycles. The van der Waals surface area contributed by atoms with Crippen LogP contribution in [0.15, 0.2) is 0 Å². The van der Waals surface area contributed by atoms with Crippen LogP contribution in [0.4, 0.5) is 0 Å². The van der Waals surface area contributed by atoms with Crippen LogP contribution in [0.2, 0.25) is 19.0 Å². The molecule has 97 valence electrons. The van der Waals surface area contributed by atoms with Gasteiger partial charge in [-0.15, -0.1) is 0 Å². The van der Waals surface area contributed by atoms with Crippen molar-refractivity contribution >= 4 is 58.1 Å². The maximum absolute atomic E-state index is 2.31. The smallest absolute Gasteiger partial charge is 0.0741 e. The van der Waals surface area contributed by atoms with Gasteiger partial charge in [-0.3, -0.25) is 0 Å². The minimum Gasteiger partial charge on any atom is -0.0741 e. The molecule has 0 aromatic heterocycles. The molecule has 2 heteroatoms. The molecule has 0 aliphatic rings. The second kappa shape index (κ2) is 17.7. The molecular weight excluding hydrogens is 230 g/mol. The third-order valence-electron chi connectivity index (χ3n) is 3.65. The van der Waals surface area contributed by atoms with Crippen molar-refractivity contribution < 1.29 is 0 Å². The van der Waals surface area contributed by atoms with Crippen LogP contribution in [0.3, 0.4) is 0 Å². The average molecular weight is 263 g/mol. The summed E-state index contributed by atoms with van der Waals surface area (Å²) in [5.41, 5.74) is 0. The van der Waals surface area contributed by atoms with Gasteiger partial charge in [0, 0.05) is 51.4 Å². The molecular formula is C15H33BK. The summed E-state index contributed by atoms with van der Waals surface area (Å²) in [6, 6.07) is 0. The topological polar surface area (TPSA) is 0 Å². The number of hydrogen-bond acceptors (Lipinski definition) is 0. The standard InChI is InChI=1S/C15H33B.K/c1-4-7-10-13-16(14-11-8-5-2)15-12-9-6-3;/h4-15H2,1-3H3;. The van der Waals surface area contributed by atoms with Gasteiger partial charge < -0.3 is 0 Å². The van der Waals surface area contributed by atoms with E-state index in [1.54, 1.807) is 0 Å². The van der Waals surface area contributed by atoms with E-state index >= 15 is 0 Å². The second-order valence-corrected chi connectivity index (χ2v) is 5.35. The Bertz CT molecular complexity index is 104. The molecule has 0 fully saturated rings. The van der Waals surface area contributed by atoms with E-state index in [-0.39, 0.29) is 51.4 Å². The minimum absolute atomic E-state index is 0. The second-order valence-electron chi connectivity index (χ2n) is 5.35. The number of unbranched alkanes of at least 4 members (excludes halogenated alkanes) is 6. The van der Waals surface area contributed by atoms with E-state index < -0.39 is 0 Å². The van der Waals surface area contributed by atoms with Crippen molar-refractivity contribution in [2.45, 2.75) is 97.5 Å². The molecule has 0 aromatic rings. The van der Waals surface area contributed by atoms with Crippen LogP contribution in [0.5, 0.6) is 0 Å². The van der Waals surface area contributed by atoms with E-state index in [0.717, 1.165) is 6.71 Å². The molecule has 0 unspecified atom stereocenters. The number of rotatable bonds is 12. The molecule has 0 heterocycles. The SMILES string of the molecule is CCCCCB(CCCCC)CCCCC.[K]. The van der Waals surface area contributed by atoms with Crippen molar-refractivity contribution in [3.63, 3.8) is 0 Å². The quantitative estimate of drug-likeness (QED) is 0.314. The molecule has 0 atom stereocenters. The molecule has 0 N–H and O–H groups in total. The first-order chi connectivity index (χ1) is 7.85. The molecule has 0 aliphatic carbocycles. The van der Waals surface area contributed by atoms with Crippen molar-refractivity contribution in [1.82, 2.24) is 0 Å². The predicted octanol–water partition coefficient (Wildman–Crippen LogP) is 5.67. The van der Waals surface area contributed by atoms with Crippen molar-refractivity contribution in [1.29, 1.82) is 0 Å². The summed E-state index contributed by atoms with van der Waals surface area (Å²) in [7, 11) is 0. The van der Waals surface area contributed by atoms with Crippen molar-refractivity contribution in [2.75, 3.05) is 0 Å². The summed E-state index contributed by atoms with van der Waals surface area (Å²) in [5.74, 6) is 0. The van der Waals surface area contributed by atoms with Gasteiger partial charge in [-0.25, -0.2) is 0 Å². The van der Waals surface area contributed by atoms with Gasteiger partial charge in [0.25, 0.3) is 0 Å². The van der Waals surface area contributed by atoms with Gasteiger partial charge in [0.05, 0.1) is 0 Å². The summed E-state index contributed by atoms with van der Waals surface area (Å²) in [6.45, 7) is 7.97. The molecule has 17 heavy (non-hydrogen) atoms. The van der Waals surface area contributed by atoms with Crippen molar-refractivity contribution in [3.05, 3.63) is 0 Å². The van der Waals surface area contributed by atoms with Gasteiger partial charge in [-0.1, -0.05) is 97.5 Å². The van der Waals surface area contributed by atoms with E-state index in [9.17, 15) is 0 Å². The minimum atomic E-state index is 0. The average Bonchev–Trinajstić information content (AvgIpc) is 2.29. The Kier molecular flexibility index (Phi) is 21.9. The normalized spacial score (nSPS) is 10.1. The molecule has 0 saturated carbocycles. The zero-order valence-electron chi connectivity index (χ0n) is 13.1. The van der Waals surface area contributed by atoms with Crippen LogP contribution >= 0.6 is 0 Å². The van der Waals surface area contributed by atoms with Crippen LogP contribution < -0.4 is 0 Å². The van der Waals surface area contributed by atoms with Crippen LogP contribution in [-0.4, -0.2) is 58.1 Å². The molecule has 0 saturated heterocycles. The van der Waals surface area contributed by atoms with Gasteiger partial charge in [-0.2, -0.15) is 0 Å². The molecule has 1 radical (unpaired) electrons. The molecule has 0 rings (SSSR count). The fraction of sp³-hybridized carbons (Fsp3) is 1.00. The third kappa shape index (κ3) is 15.6. The molecule has 0 nitrogen and oxygen atoms in total. The first-order valence-electron chi connectivity index (χ1n) is 7.85. The van der Waals surface area contributed by atoms with Gasteiger partial charge >= 0.3 is 0 Å². The van der Waals surface area contributed by atoms with Crippen LogP contribution in [-0.2, 0) is 0 Å². The largest absolute Gasteiger partial charge is 0.139 e. The zero-order valence-corrected chi connectivity index (χ0v) is 16.2. The van der Waals surface area contributed by atoms with E-state index in [1.165, 1.54) is 76.7 Å². The first kappa shape index (κ1) is 21.0. The Morgan fingerprint density at radius 2 is 0.824 bits per heavy atom. The Morgan fingerprint density at radius 1 is 0.529 bits per heavy atom. The fourth-order valence-corrected chi connectivity index (χ4v) is 2.48. The van der Waals surface area contributed by atoms with Crippen molar-refractivity contribution in [2.24, 2.45) is 0 Å². The summed E-state index contributed by atoms with van der Waals surface area (Å²) in [6.07, 6.45) is 17.4. The maximum Gasteiger partial charge on any atom is 0.139 e. The summed E-state index contributed by atoms with van der Waals surface area (Å²) >= 11 is 0. The van der Waals surface area contributed by atoms with Gasteiger partial charge in [0.15, 0.2) is 0 Å². The van der Waals surface area contributed by atoms with E-state index in [2.05, 4.69) is 20.8 Å². The molecule has 0 spiro atoms. The Hall–Kier alpha value is 1.70. The van der Waals surface area contributed by atoms with Crippen LogP contribution in [0.25, 0.3) is 0 Å². The fourth-order valence-electron chi connectivity index (χ4n) is 2.48. The Balaban J connectivity index is 0. The van der Waals surface area contributed by atoms with Crippen molar-refractivity contribution in [3.8, 4) is 0 Å². The molecule has 0 amide bonds. The third-order valence-corrected chi connectivity index (χ3v) is 3.65. The first-order valence-corrected chi connectivity index (χ1v) is 7.85. The Labute approximate surface area is 154 Å². The Morgan fingerprint density at radius 3 is 1.06 bits per heavy atom. The zero-order chi connectivity index (χ0) is 12.1. The van der Waals surface area contributed by atoms with Gasteiger partial charge in [0.2, 0.25) is 0 Å². The van der Waals surface area contributed by atoms with Crippen LogP contribution in [0, 0.1) is 0 Å². The van der Waals surface area contributed by atoms with Gasteiger partial charge in [-0.05, 0) is 0 Å². The van der Waals surface area contributed by atoms with Gasteiger partial charge in [0.1, 0.15) is 6.71 Å².